The molecule has 4 heteroatoms. The SMILES string of the molecule is O=C(NCCCN1CCCCCC1=O)c1ccc2ccccc2c1. The van der Waals surface area contributed by atoms with E-state index in [0.717, 1.165) is 49.5 Å². The van der Waals surface area contributed by atoms with Gasteiger partial charge in [-0.3, -0.25) is 9.59 Å². The van der Waals surface area contributed by atoms with Gasteiger partial charge < -0.3 is 10.2 Å². The predicted octanol–water partition coefficient (Wildman–Crippen LogP) is 3.36. The number of nitrogens with one attached hydrogen (secondary N) is 1. The molecule has 126 valence electrons. The zero-order valence-corrected chi connectivity index (χ0v) is 14.0. The highest BCUT2D eigenvalue weighted by atomic mass is 16.2. The third-order valence-electron chi connectivity index (χ3n) is 4.57. The van der Waals surface area contributed by atoms with E-state index in [1.807, 2.05) is 47.4 Å². The lowest BCUT2D eigenvalue weighted by molar-refractivity contribution is -0.130. The third-order valence-corrected chi connectivity index (χ3v) is 4.57. The van der Waals surface area contributed by atoms with E-state index in [0.29, 0.717) is 18.5 Å². The van der Waals surface area contributed by atoms with Crippen molar-refractivity contribution in [1.29, 1.82) is 0 Å². The van der Waals surface area contributed by atoms with Crippen LogP contribution in [0.4, 0.5) is 0 Å². The van der Waals surface area contributed by atoms with Crippen molar-refractivity contribution in [3.63, 3.8) is 0 Å². The van der Waals surface area contributed by atoms with Crippen LogP contribution in [0.2, 0.25) is 0 Å². The van der Waals surface area contributed by atoms with E-state index in [9.17, 15) is 9.59 Å². The van der Waals surface area contributed by atoms with Crippen LogP contribution in [0.5, 0.6) is 0 Å². The van der Waals surface area contributed by atoms with E-state index in [-0.39, 0.29) is 11.8 Å². The zero-order chi connectivity index (χ0) is 16.8. The maximum atomic E-state index is 12.3. The van der Waals surface area contributed by atoms with Crippen molar-refractivity contribution in [2.45, 2.75) is 32.1 Å². The quantitative estimate of drug-likeness (QED) is 0.857. The first-order valence-corrected chi connectivity index (χ1v) is 8.79. The molecule has 0 saturated carbocycles. The summed E-state index contributed by atoms with van der Waals surface area (Å²) >= 11 is 0. The summed E-state index contributed by atoms with van der Waals surface area (Å²) in [5.41, 5.74) is 0.680. The van der Waals surface area contributed by atoms with Crippen LogP contribution in [-0.4, -0.2) is 36.3 Å². The van der Waals surface area contributed by atoms with E-state index in [1.54, 1.807) is 0 Å². The molecule has 1 fully saturated rings. The fourth-order valence-electron chi connectivity index (χ4n) is 3.18. The Labute approximate surface area is 142 Å². The molecular weight excluding hydrogens is 300 g/mol. The lowest BCUT2D eigenvalue weighted by atomic mass is 10.1. The molecule has 24 heavy (non-hydrogen) atoms. The van der Waals surface area contributed by atoms with Gasteiger partial charge in [-0.05, 0) is 42.2 Å². The van der Waals surface area contributed by atoms with Crippen LogP contribution in [0, 0.1) is 0 Å². The molecule has 0 unspecified atom stereocenters. The number of likely N-dealkylation sites (tertiary alicyclic amines) is 1. The number of rotatable bonds is 5. The van der Waals surface area contributed by atoms with Crippen LogP contribution >= 0.6 is 0 Å². The Morgan fingerprint density at radius 1 is 1.04 bits per heavy atom. The first-order chi connectivity index (χ1) is 11.7. The second-order valence-corrected chi connectivity index (χ2v) is 6.36. The Bertz CT molecular complexity index is 726. The second kappa shape index (κ2) is 7.95. The van der Waals surface area contributed by atoms with Gasteiger partial charge in [0.2, 0.25) is 5.91 Å². The van der Waals surface area contributed by atoms with E-state index in [1.165, 1.54) is 0 Å². The number of fused-ring (bicyclic) bond motifs is 1. The van der Waals surface area contributed by atoms with Crippen LogP contribution in [0.15, 0.2) is 42.5 Å². The zero-order valence-electron chi connectivity index (χ0n) is 14.0. The molecule has 3 rings (SSSR count). The fraction of sp³-hybridized carbons (Fsp3) is 0.400. The molecule has 2 aromatic carbocycles. The summed E-state index contributed by atoms with van der Waals surface area (Å²) in [5.74, 6) is 0.205. The van der Waals surface area contributed by atoms with E-state index in [2.05, 4.69) is 5.32 Å². The van der Waals surface area contributed by atoms with Crippen LogP contribution in [0.25, 0.3) is 10.8 Å². The van der Waals surface area contributed by atoms with Gasteiger partial charge in [0.05, 0.1) is 0 Å². The minimum Gasteiger partial charge on any atom is -0.352 e. The van der Waals surface area contributed by atoms with Crippen molar-refractivity contribution in [1.82, 2.24) is 10.2 Å². The van der Waals surface area contributed by atoms with Gasteiger partial charge in [0.15, 0.2) is 0 Å². The molecule has 0 aromatic heterocycles. The van der Waals surface area contributed by atoms with Gasteiger partial charge in [-0.15, -0.1) is 0 Å². The number of carbonyl (C=O) groups is 2. The van der Waals surface area contributed by atoms with Crippen LogP contribution in [0.1, 0.15) is 42.5 Å². The van der Waals surface area contributed by atoms with Crippen LogP contribution in [0.3, 0.4) is 0 Å². The summed E-state index contributed by atoms with van der Waals surface area (Å²) in [6.45, 7) is 2.18. The number of nitrogens with zero attached hydrogens (tertiary/aromatic N) is 1. The van der Waals surface area contributed by atoms with Crippen molar-refractivity contribution < 1.29 is 9.59 Å². The van der Waals surface area contributed by atoms with Crippen molar-refractivity contribution >= 4 is 22.6 Å². The lowest BCUT2D eigenvalue weighted by Crippen LogP contribution is -2.34. The second-order valence-electron chi connectivity index (χ2n) is 6.36. The molecule has 1 heterocycles. The summed E-state index contributed by atoms with van der Waals surface area (Å²) < 4.78 is 0. The Morgan fingerprint density at radius 2 is 1.88 bits per heavy atom. The molecule has 1 aliphatic heterocycles. The molecule has 1 aliphatic rings. The normalized spacial score (nSPS) is 15.3. The van der Waals surface area contributed by atoms with Crippen molar-refractivity contribution in [3.8, 4) is 0 Å². The highest BCUT2D eigenvalue weighted by Gasteiger charge is 2.15. The first kappa shape index (κ1) is 16.5. The molecule has 0 atom stereocenters. The standard InChI is InChI=1S/C20H24N2O2/c23-19-9-2-1-5-13-22(19)14-6-12-21-20(24)18-11-10-16-7-3-4-8-17(16)15-18/h3-4,7-8,10-11,15H,1-2,5-6,9,12-14H2,(H,21,24). The highest BCUT2D eigenvalue weighted by molar-refractivity contribution is 5.98. The number of amides is 2. The number of benzene rings is 2. The molecule has 0 bridgehead atoms. The Kier molecular flexibility index (Phi) is 5.47. The molecule has 2 aromatic rings. The van der Waals surface area contributed by atoms with Crippen molar-refractivity contribution in [3.05, 3.63) is 48.0 Å². The van der Waals surface area contributed by atoms with E-state index >= 15 is 0 Å². The van der Waals surface area contributed by atoms with Crippen molar-refractivity contribution in [2.24, 2.45) is 0 Å². The summed E-state index contributed by atoms with van der Waals surface area (Å²) in [6.07, 6.45) is 4.71. The molecule has 1 saturated heterocycles. The largest absolute Gasteiger partial charge is 0.352 e. The summed E-state index contributed by atoms with van der Waals surface area (Å²) in [6, 6.07) is 13.8. The van der Waals surface area contributed by atoms with Gasteiger partial charge in [-0.2, -0.15) is 0 Å². The Hall–Kier alpha value is -2.36. The fourth-order valence-corrected chi connectivity index (χ4v) is 3.18. The predicted molar refractivity (Wildman–Crippen MR) is 95.9 cm³/mol. The van der Waals surface area contributed by atoms with Gasteiger partial charge in [-0.1, -0.05) is 36.8 Å². The molecule has 4 nitrogen and oxygen atoms in total. The smallest absolute Gasteiger partial charge is 0.251 e. The lowest BCUT2D eigenvalue weighted by Gasteiger charge is -2.20. The minimum absolute atomic E-state index is 0.0528. The van der Waals surface area contributed by atoms with E-state index in [4.69, 9.17) is 0 Å². The maximum absolute atomic E-state index is 12.3. The first-order valence-electron chi connectivity index (χ1n) is 8.79. The Morgan fingerprint density at radius 3 is 2.75 bits per heavy atom. The van der Waals surface area contributed by atoms with Crippen LogP contribution < -0.4 is 5.32 Å². The minimum atomic E-state index is -0.0528. The number of hydrogen-bond donors (Lipinski definition) is 1. The van der Waals surface area contributed by atoms with Gasteiger partial charge >= 0.3 is 0 Å². The number of carbonyl (C=O) groups excluding carboxylic acids is 2. The summed E-state index contributed by atoms with van der Waals surface area (Å²) in [4.78, 5) is 26.1. The van der Waals surface area contributed by atoms with Gasteiger partial charge in [-0.25, -0.2) is 0 Å². The summed E-state index contributed by atoms with van der Waals surface area (Å²) in [7, 11) is 0. The van der Waals surface area contributed by atoms with Gasteiger partial charge in [0.1, 0.15) is 0 Å². The Balaban J connectivity index is 1.48. The van der Waals surface area contributed by atoms with Gasteiger partial charge in [0.25, 0.3) is 5.91 Å². The third kappa shape index (κ3) is 4.13. The average Bonchev–Trinajstić information content (AvgIpc) is 2.82. The highest BCUT2D eigenvalue weighted by Crippen LogP contribution is 2.15. The van der Waals surface area contributed by atoms with Crippen molar-refractivity contribution in [2.75, 3.05) is 19.6 Å². The molecule has 0 aliphatic carbocycles. The van der Waals surface area contributed by atoms with Crippen LogP contribution in [-0.2, 0) is 4.79 Å². The molecule has 0 spiro atoms. The monoisotopic (exact) mass is 324 g/mol. The maximum Gasteiger partial charge on any atom is 0.251 e. The number of hydrogen-bond acceptors (Lipinski definition) is 2. The van der Waals surface area contributed by atoms with E-state index < -0.39 is 0 Å². The molecule has 0 radical (unpaired) electrons. The molecule has 1 N–H and O–H groups in total. The molecule has 2 amide bonds. The average molecular weight is 324 g/mol. The molecular formula is C20H24N2O2. The topological polar surface area (TPSA) is 49.4 Å². The summed E-state index contributed by atoms with van der Waals surface area (Å²) in [5, 5.41) is 5.16. The van der Waals surface area contributed by atoms with Gasteiger partial charge in [0, 0.05) is 31.6 Å².